The molecule has 104 valence electrons. The highest BCUT2D eigenvalue weighted by molar-refractivity contribution is 5.91. The summed E-state index contributed by atoms with van der Waals surface area (Å²) in [6, 6.07) is 6.17. The first-order valence-electron chi connectivity index (χ1n) is 5.61. The van der Waals surface area contributed by atoms with E-state index in [1.807, 2.05) is 0 Å². The molecule has 2 aromatic rings. The van der Waals surface area contributed by atoms with Crippen molar-refractivity contribution >= 4 is 11.9 Å². The van der Waals surface area contributed by atoms with Crippen LogP contribution in [-0.2, 0) is 11.8 Å². The lowest BCUT2D eigenvalue weighted by Crippen LogP contribution is -2.09. The molecule has 2 rings (SSSR count). The number of methoxy groups -OCH3 is 1. The SMILES string of the molecule is COC(=O)c1cc(OC(=O)c2ccc(F)cc2)nn1C. The van der Waals surface area contributed by atoms with E-state index in [2.05, 4.69) is 9.84 Å². The summed E-state index contributed by atoms with van der Waals surface area (Å²) in [5, 5.41) is 3.86. The van der Waals surface area contributed by atoms with Crippen LogP contribution in [0.15, 0.2) is 30.3 Å². The molecular weight excluding hydrogens is 267 g/mol. The number of nitrogens with zero attached hydrogens (tertiary/aromatic N) is 2. The molecule has 6 nitrogen and oxygen atoms in total. The van der Waals surface area contributed by atoms with Crippen molar-refractivity contribution in [2.24, 2.45) is 7.05 Å². The van der Waals surface area contributed by atoms with E-state index in [0.717, 1.165) is 12.1 Å². The monoisotopic (exact) mass is 278 g/mol. The molecule has 20 heavy (non-hydrogen) atoms. The number of hydrogen-bond acceptors (Lipinski definition) is 5. The summed E-state index contributed by atoms with van der Waals surface area (Å²) in [5.74, 6) is -1.78. The fourth-order valence-corrected chi connectivity index (χ4v) is 1.53. The van der Waals surface area contributed by atoms with Crippen molar-refractivity contribution in [3.8, 4) is 5.88 Å². The maximum atomic E-state index is 12.7. The Balaban J connectivity index is 2.16. The van der Waals surface area contributed by atoms with E-state index in [-0.39, 0.29) is 17.1 Å². The van der Waals surface area contributed by atoms with Gasteiger partial charge in [-0.05, 0) is 24.3 Å². The number of esters is 2. The molecule has 0 bridgehead atoms. The molecule has 0 aliphatic heterocycles. The summed E-state index contributed by atoms with van der Waals surface area (Å²) >= 11 is 0. The molecule has 0 aliphatic carbocycles. The molecule has 0 aliphatic rings. The second kappa shape index (κ2) is 5.52. The van der Waals surface area contributed by atoms with Gasteiger partial charge >= 0.3 is 11.9 Å². The summed E-state index contributed by atoms with van der Waals surface area (Å²) in [6.07, 6.45) is 0. The summed E-state index contributed by atoms with van der Waals surface area (Å²) in [5.41, 5.74) is 0.325. The zero-order chi connectivity index (χ0) is 14.7. The first-order chi connectivity index (χ1) is 9.51. The summed E-state index contributed by atoms with van der Waals surface area (Å²) in [7, 11) is 2.75. The third-order valence-electron chi connectivity index (χ3n) is 2.53. The standard InChI is InChI=1S/C13H11FN2O4/c1-16-10(13(18)19-2)7-11(15-16)20-12(17)8-3-5-9(14)6-4-8/h3-7H,1-2H3. The average Bonchev–Trinajstić information content (AvgIpc) is 2.79. The summed E-state index contributed by atoms with van der Waals surface area (Å²) < 4.78 is 23.5. The number of hydrogen-bond donors (Lipinski definition) is 0. The Labute approximate surface area is 113 Å². The van der Waals surface area contributed by atoms with Gasteiger partial charge in [-0.15, -0.1) is 5.10 Å². The first kappa shape index (κ1) is 13.7. The van der Waals surface area contributed by atoms with E-state index < -0.39 is 17.8 Å². The summed E-state index contributed by atoms with van der Waals surface area (Å²) in [6.45, 7) is 0. The molecule has 0 atom stereocenters. The minimum Gasteiger partial charge on any atom is -0.464 e. The van der Waals surface area contributed by atoms with Gasteiger partial charge in [-0.25, -0.2) is 14.0 Å². The second-order valence-electron chi connectivity index (χ2n) is 3.88. The molecule has 1 heterocycles. The minimum atomic E-state index is -0.695. The van der Waals surface area contributed by atoms with Crippen LogP contribution in [0.25, 0.3) is 0 Å². The molecule has 0 spiro atoms. The zero-order valence-electron chi connectivity index (χ0n) is 10.8. The van der Waals surface area contributed by atoms with Gasteiger partial charge in [-0.3, -0.25) is 4.68 Å². The number of benzene rings is 1. The molecular formula is C13H11FN2O4. The molecule has 0 radical (unpaired) electrons. The van der Waals surface area contributed by atoms with Crippen LogP contribution < -0.4 is 4.74 Å². The molecule has 0 unspecified atom stereocenters. The quantitative estimate of drug-likeness (QED) is 0.797. The van der Waals surface area contributed by atoms with Crippen molar-refractivity contribution in [3.63, 3.8) is 0 Å². The third kappa shape index (κ3) is 2.82. The number of aromatic nitrogens is 2. The van der Waals surface area contributed by atoms with Crippen LogP contribution in [0.3, 0.4) is 0 Å². The van der Waals surface area contributed by atoms with Gasteiger partial charge in [0.2, 0.25) is 5.88 Å². The van der Waals surface area contributed by atoms with E-state index in [0.29, 0.717) is 0 Å². The van der Waals surface area contributed by atoms with Gasteiger partial charge < -0.3 is 9.47 Å². The number of aryl methyl sites for hydroxylation is 1. The van der Waals surface area contributed by atoms with Crippen LogP contribution in [0.4, 0.5) is 4.39 Å². The van der Waals surface area contributed by atoms with E-state index in [9.17, 15) is 14.0 Å². The second-order valence-corrected chi connectivity index (χ2v) is 3.88. The van der Waals surface area contributed by atoms with Gasteiger partial charge in [-0.1, -0.05) is 0 Å². The number of rotatable bonds is 3. The normalized spacial score (nSPS) is 10.2. The third-order valence-corrected chi connectivity index (χ3v) is 2.53. The molecule has 0 N–H and O–H groups in total. The van der Waals surface area contributed by atoms with Gasteiger partial charge in [0.05, 0.1) is 12.7 Å². The van der Waals surface area contributed by atoms with E-state index in [1.165, 1.54) is 37.0 Å². The van der Waals surface area contributed by atoms with Crippen LogP contribution in [0.5, 0.6) is 5.88 Å². The largest absolute Gasteiger partial charge is 0.464 e. The van der Waals surface area contributed by atoms with Gasteiger partial charge in [-0.2, -0.15) is 0 Å². The van der Waals surface area contributed by atoms with Crippen molar-refractivity contribution < 1.29 is 23.5 Å². The molecule has 0 saturated heterocycles. The van der Waals surface area contributed by atoms with Crippen molar-refractivity contribution in [1.29, 1.82) is 0 Å². The maximum absolute atomic E-state index is 12.7. The van der Waals surface area contributed by atoms with Crippen LogP contribution in [0.2, 0.25) is 0 Å². The first-order valence-corrected chi connectivity index (χ1v) is 5.61. The number of carbonyl (C=O) groups excluding carboxylic acids is 2. The van der Waals surface area contributed by atoms with E-state index >= 15 is 0 Å². The fraction of sp³-hybridized carbons (Fsp3) is 0.154. The predicted octanol–water partition coefficient (Wildman–Crippen LogP) is 1.56. The van der Waals surface area contributed by atoms with Crippen LogP contribution in [0.1, 0.15) is 20.8 Å². The molecule has 0 saturated carbocycles. The van der Waals surface area contributed by atoms with Crippen LogP contribution in [-0.4, -0.2) is 28.8 Å². The number of carbonyl (C=O) groups is 2. The zero-order valence-corrected chi connectivity index (χ0v) is 10.8. The molecule has 0 fully saturated rings. The van der Waals surface area contributed by atoms with Gasteiger partial charge in [0.15, 0.2) is 0 Å². The van der Waals surface area contributed by atoms with Crippen LogP contribution in [0, 0.1) is 5.82 Å². The number of halogens is 1. The molecule has 1 aromatic heterocycles. The lowest BCUT2D eigenvalue weighted by atomic mass is 10.2. The topological polar surface area (TPSA) is 70.4 Å². The van der Waals surface area contributed by atoms with Crippen molar-refractivity contribution in [1.82, 2.24) is 9.78 Å². The predicted molar refractivity (Wildman–Crippen MR) is 65.9 cm³/mol. The highest BCUT2D eigenvalue weighted by Crippen LogP contribution is 2.14. The van der Waals surface area contributed by atoms with Crippen molar-refractivity contribution in [3.05, 3.63) is 47.4 Å². The van der Waals surface area contributed by atoms with Crippen molar-refractivity contribution in [2.75, 3.05) is 7.11 Å². The Hall–Kier alpha value is -2.70. The van der Waals surface area contributed by atoms with Gasteiger partial charge in [0.25, 0.3) is 0 Å². The Kier molecular flexibility index (Phi) is 3.79. The van der Waals surface area contributed by atoms with Crippen molar-refractivity contribution in [2.45, 2.75) is 0 Å². The Morgan fingerprint density at radius 2 is 1.85 bits per heavy atom. The Bertz CT molecular complexity index is 649. The Morgan fingerprint density at radius 3 is 2.45 bits per heavy atom. The lowest BCUT2D eigenvalue weighted by molar-refractivity contribution is 0.0587. The van der Waals surface area contributed by atoms with E-state index in [1.54, 1.807) is 0 Å². The smallest absolute Gasteiger partial charge is 0.356 e. The molecule has 0 amide bonds. The Morgan fingerprint density at radius 1 is 1.20 bits per heavy atom. The molecule has 7 heteroatoms. The van der Waals surface area contributed by atoms with E-state index in [4.69, 9.17) is 4.74 Å². The van der Waals surface area contributed by atoms with Crippen LogP contribution >= 0.6 is 0 Å². The van der Waals surface area contributed by atoms with Gasteiger partial charge in [0, 0.05) is 13.1 Å². The summed E-state index contributed by atoms with van der Waals surface area (Å²) in [4.78, 5) is 23.2. The van der Waals surface area contributed by atoms with Gasteiger partial charge in [0.1, 0.15) is 11.5 Å². The maximum Gasteiger partial charge on any atom is 0.356 e. The average molecular weight is 278 g/mol. The minimum absolute atomic E-state index is 0.0396. The number of ether oxygens (including phenoxy) is 2. The highest BCUT2D eigenvalue weighted by Gasteiger charge is 2.17. The lowest BCUT2D eigenvalue weighted by Gasteiger charge is -2.00. The molecule has 1 aromatic carbocycles. The highest BCUT2D eigenvalue weighted by atomic mass is 19.1. The fourth-order valence-electron chi connectivity index (χ4n) is 1.53.